The van der Waals surface area contributed by atoms with E-state index in [1.165, 1.54) is 0 Å². The first-order valence-electron chi connectivity index (χ1n) is 8.24. The molecule has 0 aliphatic carbocycles. The normalized spacial score (nSPS) is 20.8. The quantitative estimate of drug-likeness (QED) is 0.925. The predicted octanol–water partition coefficient (Wildman–Crippen LogP) is 1.79. The molecule has 2 atom stereocenters. The Labute approximate surface area is 141 Å². The summed E-state index contributed by atoms with van der Waals surface area (Å²) in [7, 11) is 2.03. The highest BCUT2D eigenvalue weighted by molar-refractivity contribution is 5.87. The number of hydrogen-bond acceptors (Lipinski definition) is 5. The summed E-state index contributed by atoms with van der Waals surface area (Å²) in [6, 6.07) is 3.93. The van der Waals surface area contributed by atoms with Crippen molar-refractivity contribution in [2.45, 2.75) is 19.8 Å². The van der Waals surface area contributed by atoms with Gasteiger partial charge >= 0.3 is 0 Å². The number of aromatic nitrogens is 3. The van der Waals surface area contributed by atoms with E-state index < -0.39 is 0 Å². The van der Waals surface area contributed by atoms with Crippen molar-refractivity contribution in [3.8, 4) is 6.07 Å². The van der Waals surface area contributed by atoms with E-state index in [0.29, 0.717) is 18.4 Å². The van der Waals surface area contributed by atoms with Crippen LogP contribution in [0.1, 0.15) is 19.8 Å². The van der Waals surface area contributed by atoms with Gasteiger partial charge in [0.1, 0.15) is 24.2 Å². The number of hydrogen-bond donors (Lipinski definition) is 1. The monoisotopic (exact) mass is 326 g/mol. The zero-order valence-corrected chi connectivity index (χ0v) is 14.1. The van der Waals surface area contributed by atoms with Crippen LogP contribution in [0.25, 0.3) is 11.0 Å². The number of piperidine rings is 1. The molecule has 0 aromatic carbocycles. The number of rotatable bonds is 4. The van der Waals surface area contributed by atoms with Crippen molar-refractivity contribution in [1.29, 1.82) is 5.26 Å². The van der Waals surface area contributed by atoms with Gasteiger partial charge in [-0.3, -0.25) is 4.79 Å². The zero-order chi connectivity index (χ0) is 17.1. The van der Waals surface area contributed by atoms with Crippen LogP contribution in [0.2, 0.25) is 0 Å². The minimum absolute atomic E-state index is 0.0349. The molecule has 1 saturated heterocycles. The van der Waals surface area contributed by atoms with Crippen molar-refractivity contribution in [2.75, 3.05) is 31.6 Å². The number of anilines is 1. The first-order valence-corrected chi connectivity index (χ1v) is 8.24. The summed E-state index contributed by atoms with van der Waals surface area (Å²) in [5.74, 6) is 1.72. The van der Waals surface area contributed by atoms with E-state index in [1.54, 1.807) is 6.33 Å². The number of carbonyl (C=O) groups excluding carboxylic acids is 1. The molecule has 0 bridgehead atoms. The number of H-pyrrole nitrogens is 1. The molecule has 1 fully saturated rings. The van der Waals surface area contributed by atoms with E-state index in [1.807, 2.05) is 30.3 Å². The highest BCUT2D eigenvalue weighted by Gasteiger charge is 2.30. The largest absolute Gasteiger partial charge is 0.359 e. The number of nitrogens with zero attached hydrogens (tertiary/aromatic N) is 5. The maximum atomic E-state index is 12.0. The van der Waals surface area contributed by atoms with Crippen LogP contribution in [0.15, 0.2) is 18.6 Å². The molecule has 0 radical (unpaired) electrons. The van der Waals surface area contributed by atoms with Gasteiger partial charge in [0.2, 0.25) is 5.91 Å². The molecule has 2 aromatic rings. The van der Waals surface area contributed by atoms with E-state index >= 15 is 0 Å². The molecule has 2 aromatic heterocycles. The Morgan fingerprint density at radius 3 is 3.17 bits per heavy atom. The molecule has 7 heteroatoms. The highest BCUT2D eigenvalue weighted by atomic mass is 16.2. The number of nitriles is 1. The van der Waals surface area contributed by atoms with Crippen LogP contribution >= 0.6 is 0 Å². The molecule has 0 saturated carbocycles. The van der Waals surface area contributed by atoms with Gasteiger partial charge in [0, 0.05) is 32.9 Å². The van der Waals surface area contributed by atoms with Crippen LogP contribution in [-0.2, 0) is 4.79 Å². The minimum atomic E-state index is -0.0629. The third kappa shape index (κ3) is 3.18. The zero-order valence-electron chi connectivity index (χ0n) is 14.1. The SMILES string of the molecule is C[C@@H]1CCN(C(=O)CC#N)C[C@@H]1CN(C)c1ncnc2[nH]ccc12. The van der Waals surface area contributed by atoms with Crippen molar-refractivity contribution >= 4 is 22.8 Å². The fourth-order valence-corrected chi connectivity index (χ4v) is 3.39. The van der Waals surface area contributed by atoms with E-state index in [2.05, 4.69) is 26.8 Å². The number of aromatic amines is 1. The van der Waals surface area contributed by atoms with Crippen molar-refractivity contribution in [3.05, 3.63) is 18.6 Å². The third-order valence-corrected chi connectivity index (χ3v) is 4.90. The van der Waals surface area contributed by atoms with Crippen molar-refractivity contribution in [1.82, 2.24) is 19.9 Å². The Morgan fingerprint density at radius 2 is 2.38 bits per heavy atom. The smallest absolute Gasteiger partial charge is 0.236 e. The first kappa shape index (κ1) is 16.2. The Bertz CT molecular complexity index is 764. The van der Waals surface area contributed by atoms with Crippen LogP contribution < -0.4 is 4.90 Å². The molecule has 3 rings (SSSR count). The summed E-state index contributed by atoms with van der Waals surface area (Å²) < 4.78 is 0. The van der Waals surface area contributed by atoms with Crippen molar-refractivity contribution in [3.63, 3.8) is 0 Å². The third-order valence-electron chi connectivity index (χ3n) is 4.90. The van der Waals surface area contributed by atoms with Gasteiger partial charge in [-0.15, -0.1) is 0 Å². The molecule has 1 aliphatic rings. The van der Waals surface area contributed by atoms with Gasteiger partial charge in [-0.25, -0.2) is 9.97 Å². The predicted molar refractivity (Wildman–Crippen MR) is 91.2 cm³/mol. The molecular weight excluding hydrogens is 304 g/mol. The molecule has 24 heavy (non-hydrogen) atoms. The number of carbonyl (C=O) groups is 1. The van der Waals surface area contributed by atoms with E-state index in [4.69, 9.17) is 5.26 Å². The summed E-state index contributed by atoms with van der Waals surface area (Å²) in [6.45, 7) is 4.50. The van der Waals surface area contributed by atoms with Gasteiger partial charge in [0.25, 0.3) is 0 Å². The lowest BCUT2D eigenvalue weighted by molar-refractivity contribution is -0.132. The van der Waals surface area contributed by atoms with Crippen molar-refractivity contribution in [2.24, 2.45) is 11.8 Å². The first-order chi connectivity index (χ1) is 11.6. The molecule has 7 nitrogen and oxygen atoms in total. The summed E-state index contributed by atoms with van der Waals surface area (Å²) >= 11 is 0. The molecule has 0 unspecified atom stereocenters. The second kappa shape index (κ2) is 6.87. The van der Waals surface area contributed by atoms with Gasteiger partial charge in [0.05, 0.1) is 11.5 Å². The van der Waals surface area contributed by atoms with Gasteiger partial charge in [-0.1, -0.05) is 6.92 Å². The van der Waals surface area contributed by atoms with Crippen LogP contribution in [0.3, 0.4) is 0 Å². The summed E-state index contributed by atoms with van der Waals surface area (Å²) in [4.78, 5) is 27.7. The van der Waals surface area contributed by atoms with E-state index in [0.717, 1.165) is 36.4 Å². The van der Waals surface area contributed by atoms with Gasteiger partial charge in [0.15, 0.2) is 0 Å². The summed E-state index contributed by atoms with van der Waals surface area (Å²) in [6.07, 6.45) is 4.37. The lowest BCUT2D eigenvalue weighted by atomic mass is 9.86. The molecule has 3 heterocycles. The Morgan fingerprint density at radius 1 is 1.54 bits per heavy atom. The molecular formula is C17H22N6O. The lowest BCUT2D eigenvalue weighted by Crippen LogP contribution is -2.46. The number of amides is 1. The lowest BCUT2D eigenvalue weighted by Gasteiger charge is -2.38. The second-order valence-electron chi connectivity index (χ2n) is 6.52. The standard InChI is InChI=1S/C17H22N6O/c1-12-5-8-23(15(24)3-6-18)10-13(12)9-22(2)17-14-4-7-19-16(14)20-11-21-17/h4,7,11-13H,3,5,8-10H2,1-2H3,(H,19,20,21)/t12-,13+/m1/s1. The average molecular weight is 326 g/mol. The highest BCUT2D eigenvalue weighted by Crippen LogP contribution is 2.27. The topological polar surface area (TPSA) is 88.9 Å². The van der Waals surface area contributed by atoms with E-state index in [9.17, 15) is 4.79 Å². The van der Waals surface area contributed by atoms with Crippen LogP contribution in [0.4, 0.5) is 5.82 Å². The molecule has 1 aliphatic heterocycles. The number of likely N-dealkylation sites (tertiary alicyclic amines) is 1. The molecule has 1 amide bonds. The summed E-state index contributed by atoms with van der Waals surface area (Å²) in [5.41, 5.74) is 0.828. The Hall–Kier alpha value is -2.62. The Kier molecular flexibility index (Phi) is 4.65. The fourth-order valence-electron chi connectivity index (χ4n) is 3.39. The Balaban J connectivity index is 1.73. The summed E-state index contributed by atoms with van der Waals surface area (Å²) in [5, 5.41) is 9.74. The second-order valence-corrected chi connectivity index (χ2v) is 6.52. The van der Waals surface area contributed by atoms with E-state index in [-0.39, 0.29) is 12.3 Å². The minimum Gasteiger partial charge on any atom is -0.359 e. The number of nitrogens with one attached hydrogen (secondary N) is 1. The van der Waals surface area contributed by atoms with Crippen LogP contribution in [0, 0.1) is 23.2 Å². The maximum absolute atomic E-state index is 12.0. The number of fused-ring (bicyclic) bond motifs is 1. The fraction of sp³-hybridized carbons (Fsp3) is 0.529. The van der Waals surface area contributed by atoms with Crippen LogP contribution in [-0.4, -0.2) is 52.4 Å². The molecule has 1 N–H and O–H groups in total. The van der Waals surface area contributed by atoms with Crippen molar-refractivity contribution < 1.29 is 4.79 Å². The van der Waals surface area contributed by atoms with Crippen LogP contribution in [0.5, 0.6) is 0 Å². The van der Waals surface area contributed by atoms with Gasteiger partial charge in [-0.05, 0) is 24.3 Å². The molecule has 126 valence electrons. The van der Waals surface area contributed by atoms with Gasteiger partial charge < -0.3 is 14.8 Å². The maximum Gasteiger partial charge on any atom is 0.236 e. The van der Waals surface area contributed by atoms with Gasteiger partial charge in [-0.2, -0.15) is 5.26 Å². The molecule has 0 spiro atoms. The average Bonchev–Trinajstić information content (AvgIpc) is 3.05.